The number of hydrogen-bond acceptors (Lipinski definition) is 1. The van der Waals surface area contributed by atoms with Crippen LogP contribution in [0, 0.1) is 9.49 Å². The second-order valence-corrected chi connectivity index (χ2v) is 5.41. The molecule has 76 valence electrons. The Labute approximate surface area is 103 Å². The first-order chi connectivity index (χ1) is 6.68. The Hall–Kier alpha value is 0.200. The van der Waals surface area contributed by atoms with Gasteiger partial charge in [-0.05, 0) is 46.6 Å². The smallest absolute Gasteiger partial charge is 0.0542 e. The molecule has 0 radical (unpaired) electrons. The maximum Gasteiger partial charge on any atom is 0.0542 e. The SMILES string of the molecule is N[C@@H](CC1CC1)c1cccc(Cl)c1I. The average Bonchev–Trinajstić information content (AvgIpc) is 2.93. The lowest BCUT2D eigenvalue weighted by Crippen LogP contribution is -2.12. The summed E-state index contributed by atoms with van der Waals surface area (Å²) in [6, 6.07) is 6.14. The van der Waals surface area contributed by atoms with Crippen LogP contribution in [0.25, 0.3) is 0 Å². The van der Waals surface area contributed by atoms with Gasteiger partial charge in [0, 0.05) is 9.61 Å². The average molecular weight is 322 g/mol. The third kappa shape index (κ3) is 2.41. The highest BCUT2D eigenvalue weighted by atomic mass is 127. The predicted octanol–water partition coefficient (Wildman–Crippen LogP) is 3.74. The van der Waals surface area contributed by atoms with Crippen LogP contribution in [0.3, 0.4) is 0 Å². The van der Waals surface area contributed by atoms with Gasteiger partial charge in [0.05, 0.1) is 5.02 Å². The fourth-order valence-electron chi connectivity index (χ4n) is 1.65. The number of benzene rings is 1. The molecule has 0 saturated heterocycles. The highest BCUT2D eigenvalue weighted by Crippen LogP contribution is 2.38. The van der Waals surface area contributed by atoms with E-state index in [9.17, 15) is 0 Å². The van der Waals surface area contributed by atoms with Crippen LogP contribution in [0.4, 0.5) is 0 Å². The molecule has 1 aromatic rings. The molecule has 0 heterocycles. The molecular formula is C11H13ClIN. The van der Waals surface area contributed by atoms with Crippen LogP contribution in [0.5, 0.6) is 0 Å². The van der Waals surface area contributed by atoms with Crippen molar-refractivity contribution in [3.05, 3.63) is 32.4 Å². The summed E-state index contributed by atoms with van der Waals surface area (Å²) in [6.07, 6.45) is 3.81. The Morgan fingerprint density at radius 3 is 2.86 bits per heavy atom. The van der Waals surface area contributed by atoms with E-state index in [1.807, 2.05) is 12.1 Å². The van der Waals surface area contributed by atoms with E-state index < -0.39 is 0 Å². The first kappa shape index (κ1) is 10.7. The van der Waals surface area contributed by atoms with Crippen LogP contribution in [-0.2, 0) is 0 Å². The van der Waals surface area contributed by atoms with Gasteiger partial charge >= 0.3 is 0 Å². The minimum Gasteiger partial charge on any atom is -0.324 e. The predicted molar refractivity (Wildman–Crippen MR) is 68.4 cm³/mol. The standard InChI is InChI=1S/C11H13ClIN/c12-9-3-1-2-8(11(9)13)10(14)6-7-4-5-7/h1-3,7,10H,4-6,14H2/t10-/m0/s1. The topological polar surface area (TPSA) is 26.0 Å². The van der Waals surface area contributed by atoms with Crippen molar-refractivity contribution in [3.63, 3.8) is 0 Å². The van der Waals surface area contributed by atoms with Crippen molar-refractivity contribution in [1.29, 1.82) is 0 Å². The minimum atomic E-state index is 0.160. The second kappa shape index (κ2) is 4.37. The quantitative estimate of drug-likeness (QED) is 0.843. The molecule has 1 aliphatic carbocycles. The number of halogens is 2. The zero-order valence-corrected chi connectivity index (χ0v) is 10.8. The molecular weight excluding hydrogens is 308 g/mol. The lowest BCUT2D eigenvalue weighted by Gasteiger charge is -2.13. The third-order valence-electron chi connectivity index (χ3n) is 2.67. The van der Waals surface area contributed by atoms with Crippen LogP contribution in [-0.4, -0.2) is 0 Å². The van der Waals surface area contributed by atoms with Gasteiger partial charge in [-0.25, -0.2) is 0 Å². The van der Waals surface area contributed by atoms with Crippen molar-refractivity contribution in [2.75, 3.05) is 0 Å². The molecule has 0 bridgehead atoms. The zero-order valence-electron chi connectivity index (χ0n) is 7.84. The zero-order chi connectivity index (χ0) is 10.1. The first-order valence-corrected chi connectivity index (χ1v) is 6.33. The Balaban J connectivity index is 2.16. The molecule has 1 aliphatic rings. The Morgan fingerprint density at radius 2 is 2.21 bits per heavy atom. The molecule has 2 rings (SSSR count). The molecule has 2 N–H and O–H groups in total. The van der Waals surface area contributed by atoms with Crippen molar-refractivity contribution in [2.24, 2.45) is 11.7 Å². The van der Waals surface area contributed by atoms with Gasteiger partial charge in [0.15, 0.2) is 0 Å². The summed E-state index contributed by atoms with van der Waals surface area (Å²) in [7, 11) is 0. The van der Waals surface area contributed by atoms with E-state index in [0.717, 1.165) is 20.9 Å². The fourth-order valence-corrected chi connectivity index (χ4v) is 2.59. The summed E-state index contributed by atoms with van der Waals surface area (Å²) in [5, 5.41) is 0.814. The molecule has 1 saturated carbocycles. The first-order valence-electron chi connectivity index (χ1n) is 4.88. The van der Waals surface area contributed by atoms with Gasteiger partial charge in [-0.15, -0.1) is 0 Å². The monoisotopic (exact) mass is 321 g/mol. The van der Waals surface area contributed by atoms with E-state index in [-0.39, 0.29) is 6.04 Å². The van der Waals surface area contributed by atoms with Crippen LogP contribution < -0.4 is 5.73 Å². The van der Waals surface area contributed by atoms with Gasteiger partial charge in [0.2, 0.25) is 0 Å². The van der Waals surface area contributed by atoms with Gasteiger partial charge in [-0.2, -0.15) is 0 Å². The van der Waals surface area contributed by atoms with Crippen molar-refractivity contribution in [3.8, 4) is 0 Å². The molecule has 1 atom stereocenters. The molecule has 1 nitrogen and oxygen atoms in total. The van der Waals surface area contributed by atoms with Crippen LogP contribution >= 0.6 is 34.2 Å². The summed E-state index contributed by atoms with van der Waals surface area (Å²) < 4.78 is 1.11. The molecule has 0 aromatic heterocycles. The summed E-state index contributed by atoms with van der Waals surface area (Å²) in [5.74, 6) is 0.861. The molecule has 1 aromatic carbocycles. The van der Waals surface area contributed by atoms with E-state index in [0.29, 0.717) is 0 Å². The van der Waals surface area contributed by atoms with E-state index >= 15 is 0 Å². The molecule has 14 heavy (non-hydrogen) atoms. The van der Waals surface area contributed by atoms with Gasteiger partial charge < -0.3 is 5.73 Å². The summed E-state index contributed by atoms with van der Waals surface area (Å²) >= 11 is 8.32. The van der Waals surface area contributed by atoms with Gasteiger partial charge in [-0.1, -0.05) is 36.6 Å². The molecule has 1 fully saturated rings. The van der Waals surface area contributed by atoms with E-state index in [4.69, 9.17) is 17.3 Å². The Morgan fingerprint density at radius 1 is 1.50 bits per heavy atom. The fraction of sp³-hybridized carbons (Fsp3) is 0.455. The highest BCUT2D eigenvalue weighted by molar-refractivity contribution is 14.1. The van der Waals surface area contributed by atoms with Crippen molar-refractivity contribution in [2.45, 2.75) is 25.3 Å². The van der Waals surface area contributed by atoms with Gasteiger partial charge in [-0.3, -0.25) is 0 Å². The maximum atomic E-state index is 6.14. The third-order valence-corrected chi connectivity index (χ3v) is 4.50. The van der Waals surface area contributed by atoms with E-state index in [2.05, 4.69) is 28.7 Å². The van der Waals surface area contributed by atoms with Gasteiger partial charge in [0.1, 0.15) is 0 Å². The van der Waals surface area contributed by atoms with Crippen molar-refractivity contribution in [1.82, 2.24) is 0 Å². The Bertz CT molecular complexity index is 336. The summed E-state index contributed by atoms with van der Waals surface area (Å²) in [6.45, 7) is 0. The van der Waals surface area contributed by atoms with Crippen LogP contribution in [0.15, 0.2) is 18.2 Å². The largest absolute Gasteiger partial charge is 0.324 e. The van der Waals surface area contributed by atoms with Crippen LogP contribution in [0.1, 0.15) is 30.9 Å². The molecule has 0 spiro atoms. The number of rotatable bonds is 3. The molecule has 3 heteroatoms. The molecule has 0 unspecified atom stereocenters. The van der Waals surface area contributed by atoms with E-state index in [1.165, 1.54) is 18.4 Å². The van der Waals surface area contributed by atoms with Crippen LogP contribution in [0.2, 0.25) is 5.02 Å². The van der Waals surface area contributed by atoms with E-state index in [1.54, 1.807) is 0 Å². The minimum absolute atomic E-state index is 0.160. The second-order valence-electron chi connectivity index (χ2n) is 3.93. The number of hydrogen-bond donors (Lipinski definition) is 1. The summed E-state index contributed by atoms with van der Waals surface area (Å²) in [5.41, 5.74) is 7.34. The lowest BCUT2D eigenvalue weighted by atomic mass is 10.0. The lowest BCUT2D eigenvalue weighted by molar-refractivity contribution is 0.595. The molecule has 0 aliphatic heterocycles. The Kier molecular flexibility index (Phi) is 3.34. The molecule has 0 amide bonds. The van der Waals surface area contributed by atoms with Crippen molar-refractivity contribution >= 4 is 34.2 Å². The summed E-state index contributed by atoms with van der Waals surface area (Å²) in [4.78, 5) is 0. The highest BCUT2D eigenvalue weighted by Gasteiger charge is 2.25. The van der Waals surface area contributed by atoms with Crippen molar-refractivity contribution < 1.29 is 0 Å². The normalized spacial score (nSPS) is 18.2. The number of nitrogens with two attached hydrogens (primary N) is 1. The van der Waals surface area contributed by atoms with Gasteiger partial charge in [0.25, 0.3) is 0 Å². The maximum absolute atomic E-state index is 6.14.